The second-order valence-electron chi connectivity index (χ2n) is 6.87. The summed E-state index contributed by atoms with van der Waals surface area (Å²) in [4.78, 5) is 0. The van der Waals surface area contributed by atoms with Gasteiger partial charge in [-0.05, 0) is 0 Å². The van der Waals surface area contributed by atoms with E-state index in [1.807, 2.05) is 6.92 Å². The van der Waals surface area contributed by atoms with Crippen molar-refractivity contribution in [2.24, 2.45) is 0 Å². The quantitative estimate of drug-likeness (QED) is 0.522. The molecule has 2 aromatic rings. The summed E-state index contributed by atoms with van der Waals surface area (Å²) >= 11 is 1.51. The van der Waals surface area contributed by atoms with Crippen LogP contribution in [0.25, 0.3) is 0 Å². The van der Waals surface area contributed by atoms with E-state index < -0.39 is 0 Å². The minimum atomic E-state index is 1.32. The molecule has 0 aliphatic heterocycles. The van der Waals surface area contributed by atoms with Gasteiger partial charge in [-0.1, -0.05) is 65.2 Å². The summed E-state index contributed by atoms with van der Waals surface area (Å²) in [6.45, 7) is 6.43. The zero-order valence-corrected chi connectivity index (χ0v) is 17.5. The van der Waals surface area contributed by atoms with Crippen LogP contribution in [0.4, 0.5) is 0 Å². The van der Waals surface area contributed by atoms with Crippen LogP contribution in [0.1, 0.15) is 66.0 Å². The fraction of sp³-hybridized carbons (Fsp3) is 0.500. The molecule has 0 spiro atoms. The molecule has 23 heavy (non-hydrogen) atoms. The van der Waals surface area contributed by atoms with Crippen molar-refractivity contribution in [1.29, 1.82) is 0 Å². The number of hydrogen-bond acceptors (Lipinski definition) is 0. The van der Waals surface area contributed by atoms with Gasteiger partial charge in [-0.15, -0.1) is 0 Å². The monoisotopic (exact) mass is 384 g/mol. The molecule has 2 aliphatic carbocycles. The van der Waals surface area contributed by atoms with E-state index in [0.717, 1.165) is 0 Å². The molecule has 0 unspecified atom stereocenters. The molecule has 0 nitrogen and oxygen atoms in total. The SMILES string of the molecule is C[CH]=[Zr+2].Cc1cc2c([cH-]1)CCCC2.Cc1cc2c([cH-]1)CCCC2. The number of rotatable bonds is 0. The van der Waals surface area contributed by atoms with Crippen LogP contribution in [0, 0.1) is 13.8 Å². The zero-order valence-electron chi connectivity index (χ0n) is 15.0. The van der Waals surface area contributed by atoms with Crippen molar-refractivity contribution in [3.8, 4) is 0 Å². The van der Waals surface area contributed by atoms with E-state index in [1.165, 1.54) is 86.7 Å². The van der Waals surface area contributed by atoms with Gasteiger partial charge < -0.3 is 0 Å². The van der Waals surface area contributed by atoms with Gasteiger partial charge in [0.15, 0.2) is 0 Å². The van der Waals surface area contributed by atoms with Crippen molar-refractivity contribution in [3.05, 3.63) is 57.6 Å². The Kier molecular flexibility index (Phi) is 7.90. The first kappa shape index (κ1) is 18.8. The smallest absolute Gasteiger partial charge is 0.0512 e. The van der Waals surface area contributed by atoms with Crippen molar-refractivity contribution in [1.82, 2.24) is 0 Å². The van der Waals surface area contributed by atoms with Crippen LogP contribution < -0.4 is 0 Å². The summed E-state index contributed by atoms with van der Waals surface area (Å²) in [5.41, 5.74) is 9.36. The van der Waals surface area contributed by atoms with Crippen LogP contribution in [0.3, 0.4) is 0 Å². The first-order valence-corrected chi connectivity index (χ1v) is 10.5. The van der Waals surface area contributed by atoms with Crippen LogP contribution in [-0.4, -0.2) is 3.71 Å². The van der Waals surface area contributed by atoms with Crippen molar-refractivity contribution in [3.63, 3.8) is 0 Å². The molecule has 0 radical (unpaired) electrons. The zero-order chi connectivity index (χ0) is 16.7. The molecule has 4 rings (SSSR count). The summed E-state index contributed by atoms with van der Waals surface area (Å²) in [7, 11) is 0. The van der Waals surface area contributed by atoms with Gasteiger partial charge >= 0.3 is 34.9 Å². The molecule has 0 atom stereocenters. The van der Waals surface area contributed by atoms with Crippen molar-refractivity contribution in [2.45, 2.75) is 72.1 Å². The Balaban J connectivity index is 0.000000143. The third-order valence-corrected chi connectivity index (χ3v) is 4.72. The summed E-state index contributed by atoms with van der Waals surface area (Å²) in [5, 5.41) is 0. The second kappa shape index (κ2) is 9.68. The van der Waals surface area contributed by atoms with E-state index in [9.17, 15) is 0 Å². The van der Waals surface area contributed by atoms with Crippen molar-refractivity contribution in [2.75, 3.05) is 0 Å². The first-order valence-electron chi connectivity index (χ1n) is 9.09. The first-order chi connectivity index (χ1) is 11.1. The fourth-order valence-electron chi connectivity index (χ4n) is 3.75. The predicted molar refractivity (Wildman–Crippen MR) is 98.6 cm³/mol. The molecule has 0 aromatic heterocycles. The maximum Gasteiger partial charge on any atom is -0.0512 e. The van der Waals surface area contributed by atoms with Gasteiger partial charge in [-0.25, -0.2) is 12.1 Å². The molecule has 0 bridgehead atoms. The minimum Gasteiger partial charge on any atom is -0.207 e. The number of aryl methyl sites for hydroxylation is 6. The summed E-state index contributed by atoms with van der Waals surface area (Å²) in [5.74, 6) is 0. The van der Waals surface area contributed by atoms with E-state index in [2.05, 4.69) is 41.8 Å². The maximum absolute atomic E-state index is 2.34. The van der Waals surface area contributed by atoms with Crippen LogP contribution in [-0.2, 0) is 49.9 Å². The molecule has 1 heteroatoms. The summed E-state index contributed by atoms with van der Waals surface area (Å²) < 4.78 is 2.09. The van der Waals surface area contributed by atoms with E-state index in [1.54, 1.807) is 22.3 Å². The Morgan fingerprint density at radius 3 is 1.48 bits per heavy atom. The van der Waals surface area contributed by atoms with Crippen LogP contribution in [0.15, 0.2) is 24.3 Å². The third kappa shape index (κ3) is 5.79. The third-order valence-electron chi connectivity index (χ3n) is 4.72. The average molecular weight is 386 g/mol. The Labute approximate surface area is 157 Å². The molecule has 0 heterocycles. The summed E-state index contributed by atoms with van der Waals surface area (Å²) in [6, 6.07) is 9.37. The number of fused-ring (bicyclic) bond motifs is 2. The van der Waals surface area contributed by atoms with Gasteiger partial charge in [0.05, 0.1) is 0 Å². The van der Waals surface area contributed by atoms with E-state index >= 15 is 0 Å². The Hall–Kier alpha value is -0.547. The van der Waals surface area contributed by atoms with E-state index in [-0.39, 0.29) is 0 Å². The Morgan fingerprint density at radius 1 is 0.783 bits per heavy atom. The number of hydrogen-bond donors (Lipinski definition) is 0. The normalized spacial score (nSPS) is 15.3. The van der Waals surface area contributed by atoms with Crippen LogP contribution in [0.2, 0.25) is 0 Å². The molecule has 0 amide bonds. The molecule has 2 aromatic carbocycles. The minimum absolute atomic E-state index is 1.32. The fourth-order valence-corrected chi connectivity index (χ4v) is 3.75. The molecular weight excluding hydrogens is 355 g/mol. The van der Waals surface area contributed by atoms with Crippen LogP contribution in [0.5, 0.6) is 0 Å². The van der Waals surface area contributed by atoms with Gasteiger partial charge in [0.1, 0.15) is 0 Å². The standard InChI is InChI=1S/2C10H13.C2H4.Zr/c2*1-8-6-9-4-2-3-5-10(9)7-8;1-2;/h2*6-7H,2-5H2,1H3;1H,2H3;/q2*-1;;+2. The Bertz CT molecular complexity index is 513. The van der Waals surface area contributed by atoms with Gasteiger partial charge in [-0.3, -0.25) is 0 Å². The molecule has 0 saturated heterocycles. The predicted octanol–water partition coefficient (Wildman–Crippen LogP) is 5.54. The molecule has 0 saturated carbocycles. The molecule has 0 N–H and O–H groups in total. The summed E-state index contributed by atoms with van der Waals surface area (Å²) in [6.07, 6.45) is 10.9. The Morgan fingerprint density at radius 2 is 1.13 bits per heavy atom. The van der Waals surface area contributed by atoms with Gasteiger partial charge in [0.2, 0.25) is 0 Å². The van der Waals surface area contributed by atoms with E-state index in [0.29, 0.717) is 0 Å². The van der Waals surface area contributed by atoms with Crippen molar-refractivity contribution < 1.29 is 24.2 Å². The molecule has 122 valence electrons. The second-order valence-corrected chi connectivity index (χ2v) is 8.29. The van der Waals surface area contributed by atoms with Gasteiger partial charge in [-0.2, -0.15) is 45.5 Å². The largest absolute Gasteiger partial charge is 0.207 e. The van der Waals surface area contributed by atoms with E-state index in [4.69, 9.17) is 0 Å². The molecule has 0 fully saturated rings. The van der Waals surface area contributed by atoms with Gasteiger partial charge in [0, 0.05) is 0 Å². The van der Waals surface area contributed by atoms with Crippen molar-refractivity contribution >= 4 is 3.71 Å². The maximum atomic E-state index is 2.34. The average Bonchev–Trinajstić information content (AvgIpc) is 3.08. The van der Waals surface area contributed by atoms with Crippen LogP contribution >= 0.6 is 0 Å². The molecular formula is C22H30Zr. The van der Waals surface area contributed by atoms with Gasteiger partial charge in [0.25, 0.3) is 0 Å². The molecule has 2 aliphatic rings. The topological polar surface area (TPSA) is 0 Å².